The Morgan fingerprint density at radius 1 is 0.365 bits per heavy atom. The maximum Gasteiger partial charge on any atom is 0.164 e. The molecule has 0 amide bonds. The molecule has 0 radical (unpaired) electrons. The smallest absolute Gasteiger partial charge is 0.164 e. The van der Waals surface area contributed by atoms with Crippen LogP contribution in [0, 0.1) is 0 Å². The summed E-state index contributed by atoms with van der Waals surface area (Å²) in [5.41, 5.74) is 6.90. The second-order valence-electron chi connectivity index (χ2n) is 13.2. The van der Waals surface area contributed by atoms with Gasteiger partial charge >= 0.3 is 0 Å². The molecule has 5 heteroatoms. The zero-order valence-corrected chi connectivity index (χ0v) is 28.6. The summed E-state index contributed by atoms with van der Waals surface area (Å²) >= 11 is 1.86. The summed E-state index contributed by atoms with van der Waals surface area (Å²) in [7, 11) is 0. The van der Waals surface area contributed by atoms with Gasteiger partial charge in [0.05, 0.1) is 0 Å². The number of thiophene rings is 1. The van der Waals surface area contributed by atoms with Crippen molar-refractivity contribution in [1.29, 1.82) is 0 Å². The van der Waals surface area contributed by atoms with Gasteiger partial charge in [0.15, 0.2) is 17.5 Å². The van der Waals surface area contributed by atoms with Crippen LogP contribution in [0.15, 0.2) is 168 Å². The van der Waals surface area contributed by atoms with Crippen LogP contribution in [-0.4, -0.2) is 15.0 Å². The molecule has 0 aliphatic heterocycles. The molecule has 0 atom stereocenters. The van der Waals surface area contributed by atoms with Crippen LogP contribution in [0.3, 0.4) is 0 Å². The Balaban J connectivity index is 1.10. The number of hydrogen-bond donors (Lipinski definition) is 0. The number of aromatic nitrogens is 3. The number of hydrogen-bond acceptors (Lipinski definition) is 5. The van der Waals surface area contributed by atoms with Crippen molar-refractivity contribution in [3.63, 3.8) is 0 Å². The molecule has 4 nitrogen and oxygen atoms in total. The van der Waals surface area contributed by atoms with E-state index in [0.717, 1.165) is 54.8 Å². The van der Waals surface area contributed by atoms with Crippen LogP contribution in [0.5, 0.6) is 0 Å². The molecule has 0 N–H and O–H groups in total. The molecule has 11 rings (SSSR count). The maximum atomic E-state index is 6.27. The van der Waals surface area contributed by atoms with Gasteiger partial charge in [-0.05, 0) is 57.4 Å². The quantitative estimate of drug-likeness (QED) is 0.185. The molecule has 0 saturated heterocycles. The number of rotatable bonds is 4. The van der Waals surface area contributed by atoms with Gasteiger partial charge in [0, 0.05) is 53.2 Å². The van der Waals surface area contributed by atoms with Gasteiger partial charge in [0.2, 0.25) is 0 Å². The number of fused-ring (bicyclic) bond motifs is 8. The van der Waals surface area contributed by atoms with Crippen LogP contribution in [0.4, 0.5) is 0 Å². The normalized spacial score (nSPS) is 11.8. The lowest BCUT2D eigenvalue weighted by atomic mass is 9.95. The molecule has 11 aromatic rings. The predicted molar refractivity (Wildman–Crippen MR) is 217 cm³/mol. The molecule has 52 heavy (non-hydrogen) atoms. The van der Waals surface area contributed by atoms with E-state index in [1.165, 1.54) is 36.7 Å². The molecule has 0 fully saturated rings. The average Bonchev–Trinajstić information content (AvgIpc) is 3.78. The van der Waals surface area contributed by atoms with E-state index in [9.17, 15) is 0 Å². The Labute approximate surface area is 302 Å². The largest absolute Gasteiger partial charge is 0.456 e. The Morgan fingerprint density at radius 3 is 1.83 bits per heavy atom. The number of para-hydroxylation sites is 1. The molecule has 0 bridgehead atoms. The molecule has 8 aromatic carbocycles. The van der Waals surface area contributed by atoms with Crippen LogP contribution in [0.2, 0.25) is 0 Å². The minimum Gasteiger partial charge on any atom is -0.456 e. The van der Waals surface area contributed by atoms with Gasteiger partial charge in [-0.25, -0.2) is 15.0 Å². The molecule has 0 aliphatic rings. The van der Waals surface area contributed by atoms with Gasteiger partial charge < -0.3 is 4.42 Å². The van der Waals surface area contributed by atoms with Gasteiger partial charge in [0.1, 0.15) is 11.2 Å². The van der Waals surface area contributed by atoms with Gasteiger partial charge in [-0.15, -0.1) is 11.3 Å². The Hall–Kier alpha value is -6.69. The highest BCUT2D eigenvalue weighted by Crippen LogP contribution is 2.42. The first-order valence-corrected chi connectivity index (χ1v) is 18.2. The molecule has 0 saturated carbocycles. The second kappa shape index (κ2) is 11.4. The first-order valence-electron chi connectivity index (χ1n) is 17.3. The molecule has 0 aliphatic carbocycles. The van der Waals surface area contributed by atoms with Gasteiger partial charge in [-0.3, -0.25) is 0 Å². The van der Waals surface area contributed by atoms with Gasteiger partial charge in [0.25, 0.3) is 0 Å². The van der Waals surface area contributed by atoms with Crippen LogP contribution in [-0.2, 0) is 0 Å². The first kappa shape index (κ1) is 29.1. The molecule has 3 aromatic heterocycles. The third-order valence-corrected chi connectivity index (χ3v) is 11.4. The van der Waals surface area contributed by atoms with Crippen molar-refractivity contribution in [3.8, 4) is 45.3 Å². The fourth-order valence-corrected chi connectivity index (χ4v) is 8.89. The minimum atomic E-state index is 0.598. The lowest BCUT2D eigenvalue weighted by Crippen LogP contribution is -2.00. The lowest BCUT2D eigenvalue weighted by molar-refractivity contribution is 0.669. The van der Waals surface area contributed by atoms with E-state index in [4.69, 9.17) is 19.4 Å². The summed E-state index contributed by atoms with van der Waals surface area (Å²) in [6.45, 7) is 0. The third-order valence-electron chi connectivity index (χ3n) is 10.1. The number of benzene rings is 8. The zero-order valence-electron chi connectivity index (χ0n) is 27.7. The van der Waals surface area contributed by atoms with Crippen molar-refractivity contribution in [3.05, 3.63) is 164 Å². The van der Waals surface area contributed by atoms with Crippen molar-refractivity contribution in [1.82, 2.24) is 15.0 Å². The van der Waals surface area contributed by atoms with Crippen LogP contribution in [0.1, 0.15) is 0 Å². The van der Waals surface area contributed by atoms with Crippen molar-refractivity contribution in [2.75, 3.05) is 0 Å². The summed E-state index contributed by atoms with van der Waals surface area (Å²) < 4.78 is 8.89. The summed E-state index contributed by atoms with van der Waals surface area (Å²) in [4.78, 5) is 15.4. The first-order chi connectivity index (χ1) is 25.7. The molecular weight excluding hydrogens is 655 g/mol. The lowest BCUT2D eigenvalue weighted by Gasteiger charge is -2.12. The average molecular weight is 682 g/mol. The maximum absolute atomic E-state index is 6.27. The highest BCUT2D eigenvalue weighted by molar-refractivity contribution is 7.26. The highest BCUT2D eigenvalue weighted by Gasteiger charge is 2.17. The van der Waals surface area contributed by atoms with Crippen LogP contribution >= 0.6 is 11.3 Å². The Kier molecular flexibility index (Phi) is 6.39. The van der Waals surface area contributed by atoms with E-state index in [1.807, 2.05) is 35.6 Å². The third kappa shape index (κ3) is 4.57. The van der Waals surface area contributed by atoms with E-state index >= 15 is 0 Å². The molecule has 242 valence electrons. The number of furan rings is 1. The van der Waals surface area contributed by atoms with Crippen molar-refractivity contribution in [2.24, 2.45) is 0 Å². The van der Waals surface area contributed by atoms with Crippen LogP contribution < -0.4 is 0 Å². The molecular formula is C47H27N3OS. The highest BCUT2D eigenvalue weighted by atomic mass is 32.1. The summed E-state index contributed by atoms with van der Waals surface area (Å²) in [5.74, 6) is 1.85. The fourth-order valence-electron chi connectivity index (χ4n) is 7.66. The molecule has 3 heterocycles. The Morgan fingerprint density at radius 2 is 0.942 bits per heavy atom. The Bertz CT molecular complexity index is 3210. The van der Waals surface area contributed by atoms with Crippen LogP contribution in [0.25, 0.3) is 109 Å². The van der Waals surface area contributed by atoms with E-state index in [-0.39, 0.29) is 0 Å². The van der Waals surface area contributed by atoms with E-state index in [2.05, 4.69) is 140 Å². The fraction of sp³-hybridized carbons (Fsp3) is 0. The summed E-state index contributed by atoms with van der Waals surface area (Å²) in [6, 6.07) is 57.5. The van der Waals surface area contributed by atoms with Crippen molar-refractivity contribution >= 4 is 75.0 Å². The molecule has 0 spiro atoms. The van der Waals surface area contributed by atoms with Crippen molar-refractivity contribution in [2.45, 2.75) is 0 Å². The van der Waals surface area contributed by atoms with E-state index in [1.54, 1.807) is 0 Å². The topological polar surface area (TPSA) is 51.8 Å². The SMILES string of the molecule is c1ccc2c(-c3nc(-c4ccc5c(-c6cccc7c6sc6ccccc67)cccc5c4)nc(-c4ccc5c(c4)oc4ccccc45)n3)cccc2c1. The predicted octanol–water partition coefficient (Wildman–Crippen LogP) is 13.1. The standard InChI is InChI=1S/C47H27N3OS/c1-2-13-32-28(10-1)11-7-19-40(32)47-49-45(48-46(50-47)31-23-25-36-35-14-3-5-20-41(35)51-42(36)27-31)30-22-24-33-29(26-30)12-8-16-34(33)38-17-9-18-39-37-15-4-6-21-43(37)52-44(38)39/h1-27H. The zero-order chi connectivity index (χ0) is 34.2. The van der Waals surface area contributed by atoms with Gasteiger partial charge in [-0.2, -0.15) is 0 Å². The van der Waals surface area contributed by atoms with Gasteiger partial charge in [-0.1, -0.05) is 133 Å². The summed E-state index contributed by atoms with van der Waals surface area (Å²) in [5, 5.41) is 9.32. The monoisotopic (exact) mass is 681 g/mol. The molecule has 0 unspecified atom stereocenters. The second-order valence-corrected chi connectivity index (χ2v) is 14.2. The van der Waals surface area contributed by atoms with E-state index in [0.29, 0.717) is 17.5 Å². The summed E-state index contributed by atoms with van der Waals surface area (Å²) in [6.07, 6.45) is 0. The van der Waals surface area contributed by atoms with E-state index < -0.39 is 0 Å². The van der Waals surface area contributed by atoms with Crippen molar-refractivity contribution < 1.29 is 4.42 Å². The minimum absolute atomic E-state index is 0.598. The number of nitrogens with zero attached hydrogens (tertiary/aromatic N) is 3.